The molecule has 144 valence electrons. The molecule has 0 bridgehead atoms. The molecule has 1 aromatic carbocycles. The number of hydrogen-bond acceptors (Lipinski definition) is 5. The third kappa shape index (κ3) is 3.47. The number of aromatic nitrogens is 4. The van der Waals surface area contributed by atoms with E-state index in [1.54, 1.807) is 36.7 Å². The Balaban J connectivity index is 2.29. The van der Waals surface area contributed by atoms with Gasteiger partial charge in [-0.05, 0) is 19.1 Å². The van der Waals surface area contributed by atoms with E-state index in [1.807, 2.05) is 0 Å². The second-order valence-electron chi connectivity index (χ2n) is 6.33. The molecule has 0 aliphatic heterocycles. The molecular formula is C17H19Cl2N5O3. The summed E-state index contributed by atoms with van der Waals surface area (Å²) in [5.74, 6) is 0.334. The Labute approximate surface area is 164 Å². The van der Waals surface area contributed by atoms with Gasteiger partial charge >= 0.3 is 5.69 Å². The molecule has 0 radical (unpaired) electrons. The SMILES string of the molecule is C[C@H](O)CNc1nc2c(c(=O)n(C)c(=O)n2C)n1Cc1c(Cl)cccc1Cl. The van der Waals surface area contributed by atoms with Gasteiger partial charge in [0.05, 0.1) is 12.6 Å². The van der Waals surface area contributed by atoms with Crippen molar-refractivity contribution in [2.45, 2.75) is 19.6 Å². The highest BCUT2D eigenvalue weighted by atomic mass is 35.5. The van der Waals surface area contributed by atoms with Gasteiger partial charge in [-0.15, -0.1) is 0 Å². The summed E-state index contributed by atoms with van der Waals surface area (Å²) in [4.78, 5) is 29.4. The van der Waals surface area contributed by atoms with E-state index in [2.05, 4.69) is 10.3 Å². The van der Waals surface area contributed by atoms with E-state index in [0.29, 0.717) is 21.6 Å². The van der Waals surface area contributed by atoms with Gasteiger partial charge in [-0.3, -0.25) is 18.5 Å². The summed E-state index contributed by atoms with van der Waals surface area (Å²) in [6.45, 7) is 2.01. The first-order chi connectivity index (χ1) is 12.7. The molecular weight excluding hydrogens is 393 g/mol. The quantitative estimate of drug-likeness (QED) is 0.664. The van der Waals surface area contributed by atoms with Crippen LogP contribution in [0.4, 0.5) is 5.95 Å². The van der Waals surface area contributed by atoms with Gasteiger partial charge in [0, 0.05) is 36.2 Å². The van der Waals surface area contributed by atoms with Crippen LogP contribution in [0, 0.1) is 0 Å². The first kappa shape index (κ1) is 19.5. The third-order valence-corrected chi connectivity index (χ3v) is 4.99. The maximum atomic E-state index is 12.8. The number of anilines is 1. The molecule has 2 N–H and O–H groups in total. The molecule has 0 saturated heterocycles. The Morgan fingerprint density at radius 1 is 1.19 bits per heavy atom. The summed E-state index contributed by atoms with van der Waals surface area (Å²) in [6, 6.07) is 5.15. The van der Waals surface area contributed by atoms with Crippen LogP contribution in [0.3, 0.4) is 0 Å². The summed E-state index contributed by atoms with van der Waals surface area (Å²) >= 11 is 12.6. The first-order valence-electron chi connectivity index (χ1n) is 8.23. The van der Waals surface area contributed by atoms with Crippen molar-refractivity contribution in [3.05, 3.63) is 54.6 Å². The van der Waals surface area contributed by atoms with Crippen molar-refractivity contribution in [1.29, 1.82) is 0 Å². The highest BCUT2D eigenvalue weighted by molar-refractivity contribution is 6.36. The number of nitrogens with zero attached hydrogens (tertiary/aromatic N) is 4. The number of halogens is 2. The number of aliphatic hydroxyl groups excluding tert-OH is 1. The van der Waals surface area contributed by atoms with Gasteiger partial charge in [0.2, 0.25) is 5.95 Å². The van der Waals surface area contributed by atoms with Crippen LogP contribution in [-0.2, 0) is 20.6 Å². The number of fused-ring (bicyclic) bond motifs is 1. The molecule has 0 saturated carbocycles. The average molecular weight is 412 g/mol. The molecule has 8 nitrogen and oxygen atoms in total. The Morgan fingerprint density at radius 3 is 2.41 bits per heavy atom. The van der Waals surface area contributed by atoms with Crippen molar-refractivity contribution in [2.75, 3.05) is 11.9 Å². The van der Waals surface area contributed by atoms with Crippen LogP contribution >= 0.6 is 23.2 Å². The second-order valence-corrected chi connectivity index (χ2v) is 7.14. The molecule has 3 rings (SSSR count). The van der Waals surface area contributed by atoms with Crippen LogP contribution < -0.4 is 16.6 Å². The summed E-state index contributed by atoms with van der Waals surface area (Å²) < 4.78 is 3.94. The van der Waals surface area contributed by atoms with Crippen molar-refractivity contribution in [3.63, 3.8) is 0 Å². The molecule has 0 spiro atoms. The molecule has 0 aliphatic carbocycles. The van der Waals surface area contributed by atoms with Crippen LogP contribution in [0.25, 0.3) is 11.2 Å². The van der Waals surface area contributed by atoms with E-state index < -0.39 is 17.4 Å². The summed E-state index contributed by atoms with van der Waals surface area (Å²) in [5.41, 5.74) is 0.142. The van der Waals surface area contributed by atoms with Gasteiger partial charge in [0.25, 0.3) is 5.56 Å². The number of nitrogens with one attached hydrogen (secondary N) is 1. The summed E-state index contributed by atoms with van der Waals surface area (Å²) in [6.07, 6.45) is -0.631. The molecule has 3 aromatic rings. The number of rotatable bonds is 5. The van der Waals surface area contributed by atoms with Crippen molar-refractivity contribution < 1.29 is 5.11 Å². The summed E-state index contributed by atoms with van der Waals surface area (Å²) in [5, 5.41) is 13.5. The lowest BCUT2D eigenvalue weighted by Crippen LogP contribution is -2.37. The van der Waals surface area contributed by atoms with Crippen molar-refractivity contribution in [2.24, 2.45) is 14.1 Å². The van der Waals surface area contributed by atoms with Gasteiger partial charge in [-0.25, -0.2) is 4.79 Å². The topological polar surface area (TPSA) is 94.1 Å². The zero-order chi connectivity index (χ0) is 19.9. The number of benzene rings is 1. The molecule has 10 heteroatoms. The Hall–Kier alpha value is -2.29. The minimum atomic E-state index is -0.631. The van der Waals surface area contributed by atoms with Crippen LogP contribution in [0.1, 0.15) is 12.5 Å². The maximum Gasteiger partial charge on any atom is 0.332 e. The van der Waals surface area contributed by atoms with Crippen molar-refractivity contribution in [1.82, 2.24) is 18.7 Å². The number of imidazole rings is 1. The number of hydrogen-bond donors (Lipinski definition) is 2. The predicted octanol–water partition coefficient (Wildman–Crippen LogP) is 1.58. The Morgan fingerprint density at radius 2 is 1.81 bits per heavy atom. The molecule has 0 unspecified atom stereocenters. The highest BCUT2D eigenvalue weighted by Crippen LogP contribution is 2.27. The van der Waals surface area contributed by atoms with Crippen LogP contribution in [0.2, 0.25) is 10.0 Å². The van der Waals surface area contributed by atoms with E-state index in [1.165, 1.54) is 11.6 Å². The Bertz CT molecular complexity index is 1110. The lowest BCUT2D eigenvalue weighted by molar-refractivity contribution is 0.208. The molecule has 27 heavy (non-hydrogen) atoms. The molecule has 2 heterocycles. The Kier molecular flexibility index (Phi) is 5.32. The van der Waals surface area contributed by atoms with Gasteiger partial charge < -0.3 is 10.4 Å². The largest absolute Gasteiger partial charge is 0.392 e. The fourth-order valence-electron chi connectivity index (χ4n) is 2.82. The lowest BCUT2D eigenvalue weighted by atomic mass is 10.2. The maximum absolute atomic E-state index is 12.8. The van der Waals surface area contributed by atoms with Crippen molar-refractivity contribution in [3.8, 4) is 0 Å². The van der Waals surface area contributed by atoms with Gasteiger partial charge in [0.1, 0.15) is 0 Å². The number of aliphatic hydroxyl groups is 1. The standard InChI is InChI=1S/C17H19Cl2N5O3/c1-9(25)7-20-16-21-14-13(15(26)23(3)17(27)22(14)2)24(16)8-10-11(18)5-4-6-12(10)19/h4-6,9,25H,7-8H2,1-3H3,(H,20,21)/t9-/m0/s1. The van der Waals surface area contributed by atoms with Crippen LogP contribution in [0.5, 0.6) is 0 Å². The minimum absolute atomic E-state index is 0.171. The average Bonchev–Trinajstić information content (AvgIpc) is 2.98. The van der Waals surface area contributed by atoms with Crippen LogP contribution in [-0.4, -0.2) is 36.4 Å². The van der Waals surface area contributed by atoms with Gasteiger partial charge in [-0.2, -0.15) is 4.98 Å². The molecule has 0 fully saturated rings. The summed E-state index contributed by atoms with van der Waals surface area (Å²) in [7, 11) is 2.95. The van der Waals surface area contributed by atoms with E-state index in [-0.39, 0.29) is 24.3 Å². The lowest BCUT2D eigenvalue weighted by Gasteiger charge is -2.13. The zero-order valence-electron chi connectivity index (χ0n) is 15.0. The molecule has 0 aliphatic rings. The predicted molar refractivity (Wildman–Crippen MR) is 106 cm³/mol. The normalized spacial score (nSPS) is 12.5. The molecule has 0 amide bonds. The first-order valence-corrected chi connectivity index (χ1v) is 8.99. The van der Waals surface area contributed by atoms with Gasteiger partial charge in [0.15, 0.2) is 11.2 Å². The highest BCUT2D eigenvalue weighted by Gasteiger charge is 2.20. The van der Waals surface area contributed by atoms with Gasteiger partial charge in [-0.1, -0.05) is 29.3 Å². The number of aryl methyl sites for hydroxylation is 1. The van der Waals surface area contributed by atoms with Crippen molar-refractivity contribution >= 4 is 40.3 Å². The molecule has 1 atom stereocenters. The second kappa shape index (κ2) is 7.38. The third-order valence-electron chi connectivity index (χ3n) is 4.28. The van der Waals surface area contributed by atoms with Crippen LogP contribution in [0.15, 0.2) is 27.8 Å². The van der Waals surface area contributed by atoms with E-state index >= 15 is 0 Å². The van der Waals surface area contributed by atoms with E-state index in [4.69, 9.17) is 23.2 Å². The van der Waals surface area contributed by atoms with E-state index in [0.717, 1.165) is 4.57 Å². The molecule has 2 aromatic heterocycles. The minimum Gasteiger partial charge on any atom is -0.392 e. The van der Waals surface area contributed by atoms with E-state index in [9.17, 15) is 14.7 Å². The fraction of sp³-hybridized carbons (Fsp3) is 0.353. The zero-order valence-corrected chi connectivity index (χ0v) is 16.5. The smallest absolute Gasteiger partial charge is 0.332 e. The monoisotopic (exact) mass is 411 g/mol. The fourth-order valence-corrected chi connectivity index (χ4v) is 3.33.